The maximum absolute atomic E-state index is 11.5. The Kier molecular flexibility index (Phi) is 1.85. The number of hydrogen-bond donors (Lipinski definition) is 0. The molecule has 0 bridgehead atoms. The summed E-state index contributed by atoms with van der Waals surface area (Å²) in [7, 11) is 0. The Morgan fingerprint density at radius 2 is 1.92 bits per heavy atom. The second-order valence-corrected chi connectivity index (χ2v) is 3.31. The molecule has 0 fully saturated rings. The first-order chi connectivity index (χ1) is 6.18. The average Bonchev–Trinajstić information content (AvgIpc) is 2.12. The Balaban J connectivity index is 2.89. The molecule has 1 heterocycles. The maximum Gasteiger partial charge on any atom is 0.0641 e. The zero-order valence-electron chi connectivity index (χ0n) is 7.04. The Bertz CT molecular complexity index is 462. The van der Waals surface area contributed by atoms with Crippen molar-refractivity contribution in [3.8, 4) is 5.75 Å². The van der Waals surface area contributed by atoms with Gasteiger partial charge in [-0.25, -0.2) is 0 Å². The fourth-order valence-corrected chi connectivity index (χ4v) is 1.39. The SMILES string of the molecule is Cc1ccc2ccc(Cl)c([O-])c2n1. The van der Waals surface area contributed by atoms with Gasteiger partial charge in [0.15, 0.2) is 0 Å². The van der Waals surface area contributed by atoms with E-state index in [4.69, 9.17) is 11.6 Å². The Morgan fingerprint density at radius 1 is 1.23 bits per heavy atom. The van der Waals surface area contributed by atoms with Gasteiger partial charge in [-0.3, -0.25) is 4.98 Å². The second kappa shape index (κ2) is 2.89. The van der Waals surface area contributed by atoms with Crippen molar-refractivity contribution in [3.63, 3.8) is 0 Å². The number of fused-ring (bicyclic) bond motifs is 1. The smallest absolute Gasteiger partial charge is 0.0641 e. The standard InChI is InChI=1S/C10H8ClNO/c1-6-2-3-7-4-5-8(11)10(13)9(7)12-6/h2-5,13H,1H3/p-1. The summed E-state index contributed by atoms with van der Waals surface area (Å²) in [4.78, 5) is 4.14. The van der Waals surface area contributed by atoms with Crippen LogP contribution in [0.5, 0.6) is 5.75 Å². The van der Waals surface area contributed by atoms with Crippen LogP contribution in [0.3, 0.4) is 0 Å². The third-order valence-electron chi connectivity index (χ3n) is 1.91. The summed E-state index contributed by atoms with van der Waals surface area (Å²) in [6.45, 7) is 1.85. The quantitative estimate of drug-likeness (QED) is 0.642. The van der Waals surface area contributed by atoms with Crippen LogP contribution in [0.2, 0.25) is 5.02 Å². The van der Waals surface area contributed by atoms with E-state index in [0.29, 0.717) is 5.52 Å². The molecule has 0 saturated heterocycles. The Labute approximate surface area is 80.8 Å². The summed E-state index contributed by atoms with van der Waals surface area (Å²) in [5.41, 5.74) is 1.28. The lowest BCUT2D eigenvalue weighted by Crippen LogP contribution is -1.94. The van der Waals surface area contributed by atoms with Crippen LogP contribution in [-0.2, 0) is 0 Å². The van der Waals surface area contributed by atoms with Crippen molar-refractivity contribution >= 4 is 22.5 Å². The number of aromatic nitrogens is 1. The van der Waals surface area contributed by atoms with E-state index < -0.39 is 0 Å². The van der Waals surface area contributed by atoms with Crippen LogP contribution in [0.25, 0.3) is 10.9 Å². The molecule has 0 amide bonds. The van der Waals surface area contributed by atoms with E-state index in [2.05, 4.69) is 4.98 Å². The predicted octanol–water partition coefficient (Wildman–Crippen LogP) is 2.27. The zero-order valence-corrected chi connectivity index (χ0v) is 7.80. The van der Waals surface area contributed by atoms with Gasteiger partial charge in [0.2, 0.25) is 0 Å². The number of nitrogens with zero attached hydrogens (tertiary/aromatic N) is 1. The maximum atomic E-state index is 11.5. The molecule has 1 aromatic heterocycles. The van der Waals surface area contributed by atoms with Crippen LogP contribution in [0.4, 0.5) is 0 Å². The lowest BCUT2D eigenvalue weighted by molar-refractivity contribution is -0.265. The summed E-state index contributed by atoms with van der Waals surface area (Å²) in [6.07, 6.45) is 0. The highest BCUT2D eigenvalue weighted by Crippen LogP contribution is 2.28. The van der Waals surface area contributed by atoms with Gasteiger partial charge in [0.05, 0.1) is 5.52 Å². The monoisotopic (exact) mass is 192 g/mol. The molecule has 2 nitrogen and oxygen atoms in total. The molecule has 3 heteroatoms. The van der Waals surface area contributed by atoms with Crippen molar-refractivity contribution in [1.82, 2.24) is 4.98 Å². The van der Waals surface area contributed by atoms with Crippen molar-refractivity contribution in [2.75, 3.05) is 0 Å². The summed E-state index contributed by atoms with van der Waals surface area (Å²) >= 11 is 5.69. The van der Waals surface area contributed by atoms with Crippen LogP contribution in [-0.4, -0.2) is 4.98 Å². The van der Waals surface area contributed by atoms with Crippen LogP contribution >= 0.6 is 11.6 Å². The van der Waals surface area contributed by atoms with Crippen molar-refractivity contribution in [2.45, 2.75) is 6.92 Å². The summed E-state index contributed by atoms with van der Waals surface area (Å²) in [5.74, 6) is -0.192. The molecule has 0 aliphatic carbocycles. The molecular formula is C10H7ClNO-. The predicted molar refractivity (Wildman–Crippen MR) is 50.9 cm³/mol. The third-order valence-corrected chi connectivity index (χ3v) is 2.20. The van der Waals surface area contributed by atoms with Crippen molar-refractivity contribution in [2.24, 2.45) is 0 Å². The highest BCUT2D eigenvalue weighted by atomic mass is 35.5. The Hall–Kier alpha value is -1.28. The van der Waals surface area contributed by atoms with Gasteiger partial charge in [0, 0.05) is 10.7 Å². The van der Waals surface area contributed by atoms with Gasteiger partial charge < -0.3 is 5.11 Å². The minimum absolute atomic E-state index is 0.192. The van der Waals surface area contributed by atoms with Crippen LogP contribution in [0.1, 0.15) is 5.69 Å². The first-order valence-corrected chi connectivity index (χ1v) is 4.29. The van der Waals surface area contributed by atoms with Gasteiger partial charge in [-0.15, -0.1) is 0 Å². The van der Waals surface area contributed by atoms with E-state index in [1.54, 1.807) is 12.1 Å². The van der Waals surface area contributed by atoms with Gasteiger partial charge >= 0.3 is 0 Å². The Morgan fingerprint density at radius 3 is 2.69 bits per heavy atom. The summed E-state index contributed by atoms with van der Waals surface area (Å²) in [6, 6.07) is 7.14. The fourth-order valence-electron chi connectivity index (χ4n) is 1.24. The molecule has 0 unspecified atom stereocenters. The van der Waals surface area contributed by atoms with E-state index in [9.17, 15) is 5.11 Å². The van der Waals surface area contributed by atoms with E-state index >= 15 is 0 Å². The molecule has 0 atom stereocenters. The molecule has 2 rings (SSSR count). The van der Waals surface area contributed by atoms with Gasteiger partial charge in [0.1, 0.15) is 0 Å². The lowest BCUT2D eigenvalue weighted by atomic mass is 10.2. The highest BCUT2D eigenvalue weighted by molar-refractivity contribution is 6.33. The molecule has 0 N–H and O–H groups in total. The number of benzene rings is 1. The van der Waals surface area contributed by atoms with Crippen molar-refractivity contribution < 1.29 is 5.11 Å². The normalized spacial score (nSPS) is 10.6. The van der Waals surface area contributed by atoms with E-state index in [0.717, 1.165) is 11.1 Å². The third kappa shape index (κ3) is 1.33. The summed E-state index contributed by atoms with van der Waals surface area (Å²) < 4.78 is 0. The molecule has 0 saturated carbocycles. The lowest BCUT2D eigenvalue weighted by Gasteiger charge is -2.11. The molecule has 13 heavy (non-hydrogen) atoms. The van der Waals surface area contributed by atoms with Gasteiger partial charge in [-0.1, -0.05) is 29.5 Å². The molecular weight excluding hydrogens is 186 g/mol. The van der Waals surface area contributed by atoms with Crippen molar-refractivity contribution in [3.05, 3.63) is 35.0 Å². The molecule has 66 valence electrons. The topological polar surface area (TPSA) is 36.0 Å². The number of aryl methyl sites for hydroxylation is 1. The average molecular weight is 193 g/mol. The van der Waals surface area contributed by atoms with Crippen LogP contribution in [0.15, 0.2) is 24.3 Å². The summed E-state index contributed by atoms with van der Waals surface area (Å²) in [5, 5.41) is 12.5. The number of hydrogen-bond acceptors (Lipinski definition) is 2. The van der Waals surface area contributed by atoms with E-state index in [1.165, 1.54) is 0 Å². The van der Waals surface area contributed by atoms with Gasteiger partial charge in [-0.05, 0) is 24.4 Å². The molecule has 0 aliphatic heterocycles. The molecule has 1 aromatic carbocycles. The first-order valence-electron chi connectivity index (χ1n) is 3.91. The first kappa shape index (κ1) is 8.32. The van der Waals surface area contributed by atoms with Crippen LogP contribution < -0.4 is 5.11 Å². The largest absolute Gasteiger partial charge is 0.870 e. The molecule has 0 spiro atoms. The zero-order chi connectivity index (χ0) is 9.42. The van der Waals surface area contributed by atoms with Crippen LogP contribution in [0, 0.1) is 6.92 Å². The minimum atomic E-state index is -0.192. The highest BCUT2D eigenvalue weighted by Gasteiger charge is 1.98. The minimum Gasteiger partial charge on any atom is -0.870 e. The van der Waals surface area contributed by atoms with E-state index in [1.807, 2.05) is 19.1 Å². The second-order valence-electron chi connectivity index (χ2n) is 2.90. The molecule has 0 aliphatic rings. The van der Waals surface area contributed by atoms with Crippen molar-refractivity contribution in [1.29, 1.82) is 0 Å². The van der Waals surface area contributed by atoms with E-state index in [-0.39, 0.29) is 10.8 Å². The fraction of sp³-hybridized carbons (Fsp3) is 0.100. The van der Waals surface area contributed by atoms with Gasteiger partial charge in [0.25, 0.3) is 0 Å². The number of pyridine rings is 1. The van der Waals surface area contributed by atoms with Gasteiger partial charge in [-0.2, -0.15) is 0 Å². The molecule has 0 radical (unpaired) electrons. The number of halogens is 1. The molecule has 2 aromatic rings. The number of rotatable bonds is 0.